The van der Waals surface area contributed by atoms with Crippen LogP contribution in [0.2, 0.25) is 0 Å². The Morgan fingerprint density at radius 2 is 2.13 bits per heavy atom. The minimum absolute atomic E-state index is 0.0108. The van der Waals surface area contributed by atoms with E-state index in [-0.39, 0.29) is 36.5 Å². The molecule has 6 nitrogen and oxygen atoms in total. The number of carbonyl (C=O) groups excluding carboxylic acids is 2. The van der Waals surface area contributed by atoms with E-state index in [1.807, 2.05) is 13.8 Å². The lowest BCUT2D eigenvalue weighted by molar-refractivity contribution is -0.129. The van der Waals surface area contributed by atoms with Crippen molar-refractivity contribution in [2.75, 3.05) is 13.1 Å². The van der Waals surface area contributed by atoms with Gasteiger partial charge in [-0.25, -0.2) is 9.18 Å². The Morgan fingerprint density at radius 1 is 1.43 bits per heavy atom. The van der Waals surface area contributed by atoms with Crippen LogP contribution in [0.5, 0.6) is 0 Å². The maximum atomic E-state index is 13.5. The van der Waals surface area contributed by atoms with Crippen molar-refractivity contribution in [3.8, 4) is 0 Å². The van der Waals surface area contributed by atoms with E-state index in [0.717, 1.165) is 0 Å². The predicted octanol–water partition coefficient (Wildman–Crippen LogP) is 1.17. The number of hydrogen-bond donors (Lipinski definition) is 3. The van der Waals surface area contributed by atoms with Gasteiger partial charge in [0.2, 0.25) is 5.91 Å². The molecule has 0 aliphatic carbocycles. The van der Waals surface area contributed by atoms with Gasteiger partial charge in [-0.15, -0.1) is 0 Å². The SMILES string of the molecule is CC(C)N1C[C@@H](NC(=O)NC[C@@H](O)c2ccccc2F)CC1=O. The molecule has 23 heavy (non-hydrogen) atoms. The van der Waals surface area contributed by atoms with Gasteiger partial charge in [0.05, 0.1) is 12.1 Å². The molecule has 126 valence electrons. The maximum Gasteiger partial charge on any atom is 0.315 e. The summed E-state index contributed by atoms with van der Waals surface area (Å²) in [6.45, 7) is 4.21. The van der Waals surface area contributed by atoms with Gasteiger partial charge in [0.15, 0.2) is 0 Å². The number of aliphatic hydroxyl groups excluding tert-OH is 1. The van der Waals surface area contributed by atoms with Crippen LogP contribution in [0.3, 0.4) is 0 Å². The molecule has 1 aliphatic rings. The third-order valence-electron chi connectivity index (χ3n) is 3.84. The minimum atomic E-state index is -1.13. The number of likely N-dealkylation sites (tertiary alicyclic amines) is 1. The number of rotatable bonds is 5. The summed E-state index contributed by atoms with van der Waals surface area (Å²) in [6, 6.07) is 5.23. The highest BCUT2D eigenvalue weighted by Gasteiger charge is 2.31. The number of nitrogens with zero attached hydrogens (tertiary/aromatic N) is 1. The van der Waals surface area contributed by atoms with E-state index in [4.69, 9.17) is 0 Å². The molecule has 0 saturated carbocycles. The molecule has 0 radical (unpaired) electrons. The van der Waals surface area contributed by atoms with Crippen molar-refractivity contribution in [2.24, 2.45) is 0 Å². The van der Waals surface area contributed by atoms with Crippen LogP contribution in [0.1, 0.15) is 31.9 Å². The lowest BCUT2D eigenvalue weighted by Crippen LogP contribution is -2.45. The zero-order chi connectivity index (χ0) is 17.0. The molecule has 2 rings (SSSR count). The molecule has 7 heteroatoms. The van der Waals surface area contributed by atoms with Gasteiger partial charge in [-0.05, 0) is 19.9 Å². The Morgan fingerprint density at radius 3 is 2.74 bits per heavy atom. The highest BCUT2D eigenvalue weighted by atomic mass is 19.1. The molecule has 1 fully saturated rings. The Kier molecular flexibility index (Phi) is 5.54. The van der Waals surface area contributed by atoms with Crippen LogP contribution in [-0.4, -0.2) is 47.1 Å². The molecule has 1 aliphatic heterocycles. The van der Waals surface area contributed by atoms with Crippen LogP contribution < -0.4 is 10.6 Å². The normalized spacial score (nSPS) is 19.1. The average Bonchev–Trinajstić information content (AvgIpc) is 2.86. The zero-order valence-corrected chi connectivity index (χ0v) is 13.3. The number of aliphatic hydroxyl groups is 1. The van der Waals surface area contributed by atoms with Gasteiger partial charge in [0.25, 0.3) is 0 Å². The Balaban J connectivity index is 1.80. The van der Waals surface area contributed by atoms with Gasteiger partial charge >= 0.3 is 6.03 Å². The summed E-state index contributed by atoms with van der Waals surface area (Å²) in [5, 5.41) is 15.1. The first-order chi connectivity index (χ1) is 10.9. The van der Waals surface area contributed by atoms with E-state index in [1.54, 1.807) is 11.0 Å². The Bertz CT molecular complexity index is 579. The summed E-state index contributed by atoms with van der Waals surface area (Å²) < 4.78 is 13.5. The van der Waals surface area contributed by atoms with Crippen molar-refractivity contribution in [3.63, 3.8) is 0 Å². The summed E-state index contributed by atoms with van der Waals surface area (Å²) in [4.78, 5) is 25.3. The molecule has 0 bridgehead atoms. The summed E-state index contributed by atoms with van der Waals surface area (Å²) in [7, 11) is 0. The molecule has 0 aromatic heterocycles. The number of urea groups is 1. The number of carbonyl (C=O) groups is 2. The molecule has 1 aromatic rings. The first-order valence-electron chi connectivity index (χ1n) is 7.64. The summed E-state index contributed by atoms with van der Waals surface area (Å²) in [6.07, 6.45) is -0.860. The standard InChI is InChI=1S/C16H22FN3O3/c1-10(2)20-9-11(7-15(20)22)19-16(23)18-8-14(21)12-5-3-4-6-13(12)17/h3-6,10-11,14,21H,7-9H2,1-2H3,(H2,18,19,23)/t11-,14+/m0/s1. The molecule has 3 amide bonds. The number of amides is 3. The second kappa shape index (κ2) is 7.41. The second-order valence-electron chi connectivity index (χ2n) is 5.93. The summed E-state index contributed by atoms with van der Waals surface area (Å²) in [5.74, 6) is -0.507. The quantitative estimate of drug-likeness (QED) is 0.761. The molecule has 1 aromatic carbocycles. The number of halogens is 1. The smallest absolute Gasteiger partial charge is 0.315 e. The molecule has 2 atom stereocenters. The van der Waals surface area contributed by atoms with Gasteiger partial charge in [-0.2, -0.15) is 0 Å². The van der Waals surface area contributed by atoms with Crippen LogP contribution in [0.4, 0.5) is 9.18 Å². The fourth-order valence-electron chi connectivity index (χ4n) is 2.61. The first-order valence-corrected chi connectivity index (χ1v) is 7.64. The number of benzene rings is 1. The largest absolute Gasteiger partial charge is 0.386 e. The molecule has 1 heterocycles. The van der Waals surface area contributed by atoms with E-state index in [9.17, 15) is 19.1 Å². The topological polar surface area (TPSA) is 81.7 Å². The predicted molar refractivity (Wildman–Crippen MR) is 83.1 cm³/mol. The van der Waals surface area contributed by atoms with Crippen molar-refractivity contribution in [1.29, 1.82) is 0 Å². The van der Waals surface area contributed by atoms with Crippen LogP contribution in [0.15, 0.2) is 24.3 Å². The fraction of sp³-hybridized carbons (Fsp3) is 0.500. The van der Waals surface area contributed by atoms with Crippen molar-refractivity contribution in [2.45, 2.75) is 38.5 Å². The molecule has 0 unspecified atom stereocenters. The van der Waals surface area contributed by atoms with Crippen LogP contribution >= 0.6 is 0 Å². The van der Waals surface area contributed by atoms with Crippen molar-refractivity contribution < 1.29 is 19.1 Å². The van der Waals surface area contributed by atoms with E-state index < -0.39 is 18.0 Å². The third-order valence-corrected chi connectivity index (χ3v) is 3.84. The van der Waals surface area contributed by atoms with E-state index >= 15 is 0 Å². The maximum absolute atomic E-state index is 13.5. The summed E-state index contributed by atoms with van der Waals surface area (Å²) >= 11 is 0. The highest BCUT2D eigenvalue weighted by molar-refractivity contribution is 5.81. The van der Waals surface area contributed by atoms with Gasteiger partial charge in [0.1, 0.15) is 5.82 Å². The monoisotopic (exact) mass is 323 g/mol. The highest BCUT2D eigenvalue weighted by Crippen LogP contribution is 2.16. The summed E-state index contributed by atoms with van der Waals surface area (Å²) in [5.41, 5.74) is 0.134. The van der Waals surface area contributed by atoms with Crippen molar-refractivity contribution >= 4 is 11.9 Å². The van der Waals surface area contributed by atoms with Gasteiger partial charge in [0, 0.05) is 31.1 Å². The molecule has 3 N–H and O–H groups in total. The van der Waals surface area contributed by atoms with Gasteiger partial charge in [-0.1, -0.05) is 18.2 Å². The first kappa shape index (κ1) is 17.2. The Labute approximate surface area is 134 Å². The molecule has 1 saturated heterocycles. The zero-order valence-electron chi connectivity index (χ0n) is 13.3. The lowest BCUT2D eigenvalue weighted by Gasteiger charge is -2.21. The van der Waals surface area contributed by atoms with Crippen LogP contribution in [0.25, 0.3) is 0 Å². The Hall–Kier alpha value is -2.15. The second-order valence-corrected chi connectivity index (χ2v) is 5.93. The number of hydrogen-bond acceptors (Lipinski definition) is 3. The van der Waals surface area contributed by atoms with Crippen molar-refractivity contribution in [3.05, 3.63) is 35.6 Å². The van der Waals surface area contributed by atoms with Gasteiger partial charge < -0.3 is 20.6 Å². The third kappa shape index (κ3) is 4.41. The average molecular weight is 323 g/mol. The van der Waals surface area contributed by atoms with E-state index in [1.165, 1.54) is 18.2 Å². The molecular formula is C16H22FN3O3. The van der Waals surface area contributed by atoms with E-state index in [0.29, 0.717) is 6.54 Å². The number of nitrogens with one attached hydrogen (secondary N) is 2. The minimum Gasteiger partial charge on any atom is -0.386 e. The molecule has 0 spiro atoms. The van der Waals surface area contributed by atoms with E-state index in [2.05, 4.69) is 10.6 Å². The fourth-order valence-corrected chi connectivity index (χ4v) is 2.61. The van der Waals surface area contributed by atoms with Gasteiger partial charge in [-0.3, -0.25) is 4.79 Å². The molecular weight excluding hydrogens is 301 g/mol. The van der Waals surface area contributed by atoms with Crippen LogP contribution in [0, 0.1) is 5.82 Å². The van der Waals surface area contributed by atoms with Crippen LogP contribution in [-0.2, 0) is 4.79 Å². The van der Waals surface area contributed by atoms with Crippen molar-refractivity contribution in [1.82, 2.24) is 15.5 Å². The lowest BCUT2D eigenvalue weighted by atomic mass is 10.1.